The van der Waals surface area contributed by atoms with E-state index in [1.807, 2.05) is 25.8 Å². The molecule has 2 aliphatic rings. The zero-order valence-electron chi connectivity index (χ0n) is 13.5. The molecule has 0 radical (unpaired) electrons. The van der Waals surface area contributed by atoms with E-state index < -0.39 is 0 Å². The number of rotatable bonds is 3. The Bertz CT molecular complexity index is 604. The predicted molar refractivity (Wildman–Crippen MR) is 80.3 cm³/mol. The molecule has 2 fully saturated rings. The van der Waals surface area contributed by atoms with Crippen molar-refractivity contribution < 1.29 is 14.3 Å². The molecule has 1 aromatic rings. The molecule has 0 spiro atoms. The third-order valence-corrected chi connectivity index (χ3v) is 4.64. The average Bonchev–Trinajstić information content (AvgIpc) is 3.32. The van der Waals surface area contributed by atoms with E-state index in [9.17, 15) is 9.59 Å². The Morgan fingerprint density at radius 2 is 1.91 bits per heavy atom. The van der Waals surface area contributed by atoms with Gasteiger partial charge in [-0.3, -0.25) is 14.3 Å². The van der Waals surface area contributed by atoms with Crippen LogP contribution in [0, 0.1) is 25.7 Å². The Labute approximate surface area is 130 Å². The van der Waals surface area contributed by atoms with Crippen LogP contribution in [0.2, 0.25) is 0 Å². The molecule has 2 heterocycles. The van der Waals surface area contributed by atoms with Crippen molar-refractivity contribution in [2.24, 2.45) is 18.9 Å². The second-order valence-corrected chi connectivity index (χ2v) is 6.44. The molecule has 1 atom stereocenters. The van der Waals surface area contributed by atoms with Crippen LogP contribution in [-0.2, 0) is 16.6 Å². The predicted octanol–water partition coefficient (Wildman–Crippen LogP) is 1.59. The number of carbonyl (C=O) groups is 2. The molecule has 0 aromatic carbocycles. The summed E-state index contributed by atoms with van der Waals surface area (Å²) in [5.74, 6) is 0.505. The molecular formula is C16H23N3O3. The zero-order chi connectivity index (χ0) is 15.9. The summed E-state index contributed by atoms with van der Waals surface area (Å²) in [4.78, 5) is 26.4. The molecule has 1 unspecified atom stereocenters. The Balaban J connectivity index is 1.65. The second-order valence-electron chi connectivity index (χ2n) is 6.44. The van der Waals surface area contributed by atoms with E-state index in [1.54, 1.807) is 4.68 Å². The molecular weight excluding hydrogens is 282 g/mol. The normalized spacial score (nSPS) is 21.8. The number of aromatic nitrogens is 2. The zero-order valence-corrected chi connectivity index (χ0v) is 13.5. The first kappa shape index (κ1) is 15.1. The van der Waals surface area contributed by atoms with Gasteiger partial charge in [-0.15, -0.1) is 0 Å². The number of amides is 1. The molecule has 1 aliphatic carbocycles. The van der Waals surface area contributed by atoms with Crippen LogP contribution in [0.3, 0.4) is 0 Å². The first-order valence-corrected chi connectivity index (χ1v) is 7.98. The van der Waals surface area contributed by atoms with Gasteiger partial charge in [0.2, 0.25) is 5.91 Å². The molecule has 1 aromatic heterocycles. The molecule has 120 valence electrons. The van der Waals surface area contributed by atoms with Crippen molar-refractivity contribution in [3.8, 4) is 5.75 Å². The van der Waals surface area contributed by atoms with Crippen LogP contribution in [-0.4, -0.2) is 39.6 Å². The van der Waals surface area contributed by atoms with Crippen LogP contribution >= 0.6 is 0 Å². The molecule has 22 heavy (non-hydrogen) atoms. The Morgan fingerprint density at radius 3 is 2.50 bits per heavy atom. The number of likely N-dealkylation sites (tertiary alicyclic amines) is 1. The minimum absolute atomic E-state index is 0.206. The maximum Gasteiger partial charge on any atom is 0.316 e. The van der Waals surface area contributed by atoms with Gasteiger partial charge >= 0.3 is 5.97 Å². The van der Waals surface area contributed by atoms with E-state index in [1.165, 1.54) is 0 Å². The number of esters is 1. The summed E-state index contributed by atoms with van der Waals surface area (Å²) in [5.41, 5.74) is 1.56. The topological polar surface area (TPSA) is 64.4 Å². The molecule has 6 nitrogen and oxygen atoms in total. The van der Waals surface area contributed by atoms with Gasteiger partial charge in [-0.05, 0) is 39.5 Å². The number of piperidine rings is 1. The van der Waals surface area contributed by atoms with Gasteiger partial charge < -0.3 is 9.64 Å². The van der Waals surface area contributed by atoms with Crippen molar-refractivity contribution in [3.63, 3.8) is 0 Å². The molecule has 1 amide bonds. The Hall–Kier alpha value is -1.85. The summed E-state index contributed by atoms with van der Waals surface area (Å²) >= 11 is 0. The lowest BCUT2D eigenvalue weighted by atomic mass is 9.98. The van der Waals surface area contributed by atoms with Crippen LogP contribution in [0.15, 0.2) is 0 Å². The van der Waals surface area contributed by atoms with Gasteiger partial charge in [0.25, 0.3) is 0 Å². The fourth-order valence-corrected chi connectivity index (χ4v) is 3.04. The Morgan fingerprint density at radius 1 is 1.18 bits per heavy atom. The van der Waals surface area contributed by atoms with Crippen LogP contribution in [0.5, 0.6) is 5.75 Å². The van der Waals surface area contributed by atoms with Gasteiger partial charge in [0.15, 0.2) is 5.75 Å². The van der Waals surface area contributed by atoms with Crippen molar-refractivity contribution in [2.75, 3.05) is 13.1 Å². The van der Waals surface area contributed by atoms with E-state index in [4.69, 9.17) is 4.74 Å². The molecule has 1 aliphatic heterocycles. The number of nitrogens with zero attached hydrogens (tertiary/aromatic N) is 3. The van der Waals surface area contributed by atoms with Crippen LogP contribution in [0.25, 0.3) is 0 Å². The summed E-state index contributed by atoms with van der Waals surface area (Å²) in [6, 6.07) is 0. The van der Waals surface area contributed by atoms with E-state index in [-0.39, 0.29) is 23.7 Å². The highest BCUT2D eigenvalue weighted by atomic mass is 16.5. The first-order valence-electron chi connectivity index (χ1n) is 7.98. The van der Waals surface area contributed by atoms with Crippen molar-refractivity contribution in [1.29, 1.82) is 0 Å². The van der Waals surface area contributed by atoms with Crippen molar-refractivity contribution in [3.05, 3.63) is 11.4 Å². The van der Waals surface area contributed by atoms with E-state index in [0.717, 1.165) is 43.6 Å². The highest BCUT2D eigenvalue weighted by Crippen LogP contribution is 2.33. The summed E-state index contributed by atoms with van der Waals surface area (Å²) in [7, 11) is 1.83. The molecule has 1 saturated heterocycles. The lowest BCUT2D eigenvalue weighted by Gasteiger charge is -2.31. The summed E-state index contributed by atoms with van der Waals surface area (Å²) < 4.78 is 7.29. The van der Waals surface area contributed by atoms with E-state index in [0.29, 0.717) is 12.3 Å². The van der Waals surface area contributed by atoms with Crippen LogP contribution < -0.4 is 4.74 Å². The van der Waals surface area contributed by atoms with Gasteiger partial charge in [0.1, 0.15) is 5.69 Å². The maximum atomic E-state index is 12.4. The van der Waals surface area contributed by atoms with Crippen molar-refractivity contribution in [1.82, 2.24) is 14.7 Å². The third-order valence-electron chi connectivity index (χ3n) is 4.64. The minimum atomic E-state index is -0.243. The standard InChI is InChI=1S/C16H23N3O3/c1-10-14(11(2)18(3)17-10)22-16(21)13-5-4-8-19(9-13)15(20)12-6-7-12/h12-13H,4-9H2,1-3H3. The summed E-state index contributed by atoms with van der Waals surface area (Å²) in [6.07, 6.45) is 3.64. The van der Waals surface area contributed by atoms with Gasteiger partial charge in [-0.25, -0.2) is 0 Å². The van der Waals surface area contributed by atoms with Crippen LogP contribution in [0.1, 0.15) is 37.1 Å². The lowest BCUT2D eigenvalue weighted by molar-refractivity contribution is -0.143. The largest absolute Gasteiger partial charge is 0.422 e. The Kier molecular flexibility index (Phi) is 3.93. The number of carbonyl (C=O) groups excluding carboxylic acids is 2. The quantitative estimate of drug-likeness (QED) is 0.796. The second kappa shape index (κ2) is 5.74. The monoisotopic (exact) mass is 305 g/mol. The number of hydrogen-bond donors (Lipinski definition) is 0. The van der Waals surface area contributed by atoms with Crippen LogP contribution in [0.4, 0.5) is 0 Å². The van der Waals surface area contributed by atoms with Gasteiger partial charge in [0.05, 0.1) is 11.6 Å². The lowest BCUT2D eigenvalue weighted by Crippen LogP contribution is -2.44. The first-order chi connectivity index (χ1) is 10.5. The van der Waals surface area contributed by atoms with Crippen molar-refractivity contribution in [2.45, 2.75) is 39.5 Å². The van der Waals surface area contributed by atoms with E-state index in [2.05, 4.69) is 5.10 Å². The fourth-order valence-electron chi connectivity index (χ4n) is 3.04. The molecule has 3 rings (SSSR count). The van der Waals surface area contributed by atoms with Gasteiger partial charge in [-0.1, -0.05) is 0 Å². The molecule has 0 bridgehead atoms. The average molecular weight is 305 g/mol. The van der Waals surface area contributed by atoms with Gasteiger partial charge in [-0.2, -0.15) is 5.10 Å². The smallest absolute Gasteiger partial charge is 0.316 e. The van der Waals surface area contributed by atoms with E-state index >= 15 is 0 Å². The number of hydrogen-bond acceptors (Lipinski definition) is 4. The SMILES string of the molecule is Cc1nn(C)c(C)c1OC(=O)C1CCCN(C(=O)C2CC2)C1. The highest BCUT2D eigenvalue weighted by Gasteiger charge is 2.37. The summed E-state index contributed by atoms with van der Waals surface area (Å²) in [5, 5.41) is 4.26. The van der Waals surface area contributed by atoms with Gasteiger partial charge in [0, 0.05) is 26.1 Å². The minimum Gasteiger partial charge on any atom is -0.422 e. The number of aryl methyl sites for hydroxylation is 2. The molecule has 1 saturated carbocycles. The maximum absolute atomic E-state index is 12.4. The third kappa shape index (κ3) is 2.87. The summed E-state index contributed by atoms with van der Waals surface area (Å²) in [6.45, 7) is 4.97. The molecule has 0 N–H and O–H groups in total. The van der Waals surface area contributed by atoms with Crippen molar-refractivity contribution >= 4 is 11.9 Å². The highest BCUT2D eigenvalue weighted by molar-refractivity contribution is 5.82. The molecule has 6 heteroatoms. The fraction of sp³-hybridized carbons (Fsp3) is 0.688. The number of ether oxygens (including phenoxy) is 1.